The number of ether oxygens (including phenoxy) is 1. The summed E-state index contributed by atoms with van der Waals surface area (Å²) >= 11 is 0. The van der Waals surface area contributed by atoms with Gasteiger partial charge in [0.2, 0.25) is 0 Å². The fourth-order valence-electron chi connectivity index (χ4n) is 4.17. The second kappa shape index (κ2) is 8.24. The Kier molecular flexibility index (Phi) is 5.54. The van der Waals surface area contributed by atoms with E-state index in [-0.39, 0.29) is 17.6 Å². The molecular weight excluding hydrogens is 366 g/mol. The van der Waals surface area contributed by atoms with Crippen molar-refractivity contribution in [3.05, 3.63) is 41.5 Å². The molecule has 1 aromatic heterocycles. The minimum atomic E-state index is -2.91. The lowest BCUT2D eigenvalue weighted by molar-refractivity contribution is -0.0499. The van der Waals surface area contributed by atoms with Crippen LogP contribution in [-0.2, 0) is 13.0 Å². The van der Waals surface area contributed by atoms with E-state index in [0.29, 0.717) is 18.7 Å². The zero-order valence-corrected chi connectivity index (χ0v) is 15.7. The Balaban J connectivity index is 1.50. The van der Waals surface area contributed by atoms with E-state index >= 15 is 0 Å². The van der Waals surface area contributed by atoms with Crippen molar-refractivity contribution in [3.63, 3.8) is 0 Å². The standard InChI is InChI=1S/C20H24F2N4O2/c21-20(22)28-16-8-4-6-14(12-16)19(27)25-10-5-7-15(13-25)18-24-23-17-9-2-1-3-11-26(17)18/h4,6,8,12,15,20H,1-3,5,7,9-11,13H2. The maximum Gasteiger partial charge on any atom is 0.387 e. The first-order valence-electron chi connectivity index (χ1n) is 9.88. The Hall–Kier alpha value is -2.51. The quantitative estimate of drug-likeness (QED) is 0.800. The van der Waals surface area contributed by atoms with Crippen molar-refractivity contribution in [2.24, 2.45) is 0 Å². The molecule has 8 heteroatoms. The molecule has 0 bridgehead atoms. The lowest BCUT2D eigenvalue weighted by atomic mass is 9.96. The third-order valence-corrected chi connectivity index (χ3v) is 5.52. The third-order valence-electron chi connectivity index (χ3n) is 5.52. The SMILES string of the molecule is O=C(c1cccc(OC(F)F)c1)N1CCCC(c2nnc3n2CCCCC3)C1. The molecule has 1 atom stereocenters. The number of carbonyl (C=O) groups excluding carboxylic acids is 1. The summed E-state index contributed by atoms with van der Waals surface area (Å²) in [6, 6.07) is 5.99. The highest BCUT2D eigenvalue weighted by atomic mass is 19.3. The minimum Gasteiger partial charge on any atom is -0.435 e. The van der Waals surface area contributed by atoms with E-state index in [0.717, 1.165) is 50.3 Å². The molecule has 0 radical (unpaired) electrons. The first-order chi connectivity index (χ1) is 13.6. The van der Waals surface area contributed by atoms with Gasteiger partial charge in [0.25, 0.3) is 5.91 Å². The van der Waals surface area contributed by atoms with Gasteiger partial charge in [-0.15, -0.1) is 10.2 Å². The highest BCUT2D eigenvalue weighted by Gasteiger charge is 2.30. The highest BCUT2D eigenvalue weighted by molar-refractivity contribution is 5.94. The van der Waals surface area contributed by atoms with E-state index in [4.69, 9.17) is 0 Å². The van der Waals surface area contributed by atoms with Gasteiger partial charge in [0, 0.05) is 37.5 Å². The van der Waals surface area contributed by atoms with Gasteiger partial charge in [0.15, 0.2) is 0 Å². The van der Waals surface area contributed by atoms with Crippen LogP contribution in [-0.4, -0.2) is 45.3 Å². The van der Waals surface area contributed by atoms with Crippen LogP contribution in [0.2, 0.25) is 0 Å². The molecule has 6 nitrogen and oxygen atoms in total. The van der Waals surface area contributed by atoms with Crippen molar-refractivity contribution in [1.82, 2.24) is 19.7 Å². The van der Waals surface area contributed by atoms with E-state index < -0.39 is 6.61 Å². The molecule has 28 heavy (non-hydrogen) atoms. The minimum absolute atomic E-state index is 0.00261. The first kappa shape index (κ1) is 18.8. The number of hydrogen-bond acceptors (Lipinski definition) is 4. The van der Waals surface area contributed by atoms with Crippen LogP contribution < -0.4 is 4.74 Å². The number of likely N-dealkylation sites (tertiary alicyclic amines) is 1. The Morgan fingerprint density at radius 2 is 2.04 bits per heavy atom. The maximum absolute atomic E-state index is 12.9. The van der Waals surface area contributed by atoms with Gasteiger partial charge in [-0.25, -0.2) is 0 Å². The Morgan fingerprint density at radius 1 is 1.14 bits per heavy atom. The maximum atomic E-state index is 12.9. The molecule has 0 saturated carbocycles. The molecule has 1 fully saturated rings. The highest BCUT2D eigenvalue weighted by Crippen LogP contribution is 2.29. The number of aryl methyl sites for hydroxylation is 1. The number of aromatic nitrogens is 3. The van der Waals surface area contributed by atoms with Gasteiger partial charge in [-0.2, -0.15) is 8.78 Å². The summed E-state index contributed by atoms with van der Waals surface area (Å²) in [7, 11) is 0. The molecule has 2 aliphatic heterocycles. The number of rotatable bonds is 4. The van der Waals surface area contributed by atoms with Crippen LogP contribution in [0.4, 0.5) is 8.78 Å². The van der Waals surface area contributed by atoms with Crippen molar-refractivity contribution >= 4 is 5.91 Å². The predicted octanol–water partition coefficient (Wildman–Crippen LogP) is 3.63. The predicted molar refractivity (Wildman–Crippen MR) is 98.5 cm³/mol. The van der Waals surface area contributed by atoms with E-state index in [1.807, 2.05) is 0 Å². The van der Waals surface area contributed by atoms with Crippen LogP contribution in [0.5, 0.6) is 5.75 Å². The summed E-state index contributed by atoms with van der Waals surface area (Å²) in [5, 5.41) is 8.83. The number of benzene rings is 1. The van der Waals surface area contributed by atoms with Crippen LogP contribution in [0, 0.1) is 0 Å². The van der Waals surface area contributed by atoms with E-state index in [1.54, 1.807) is 17.0 Å². The fourth-order valence-corrected chi connectivity index (χ4v) is 4.17. The lowest BCUT2D eigenvalue weighted by Gasteiger charge is -2.32. The molecule has 1 amide bonds. The monoisotopic (exact) mass is 390 g/mol. The number of halogens is 2. The van der Waals surface area contributed by atoms with Crippen molar-refractivity contribution in [1.29, 1.82) is 0 Å². The van der Waals surface area contributed by atoms with Crippen molar-refractivity contribution < 1.29 is 18.3 Å². The van der Waals surface area contributed by atoms with Crippen LogP contribution in [0.25, 0.3) is 0 Å². The summed E-state index contributed by atoms with van der Waals surface area (Å²) in [6.07, 6.45) is 6.28. The average molecular weight is 390 g/mol. The van der Waals surface area contributed by atoms with E-state index in [1.165, 1.54) is 18.6 Å². The van der Waals surface area contributed by atoms with Crippen LogP contribution in [0.3, 0.4) is 0 Å². The molecule has 3 heterocycles. The lowest BCUT2D eigenvalue weighted by Crippen LogP contribution is -2.39. The zero-order chi connectivity index (χ0) is 19.5. The molecule has 0 spiro atoms. The number of hydrogen-bond donors (Lipinski definition) is 0. The number of nitrogens with zero attached hydrogens (tertiary/aromatic N) is 4. The van der Waals surface area contributed by atoms with E-state index in [9.17, 15) is 13.6 Å². The first-order valence-corrected chi connectivity index (χ1v) is 9.88. The smallest absolute Gasteiger partial charge is 0.387 e. The molecule has 1 aromatic carbocycles. The van der Waals surface area contributed by atoms with Crippen molar-refractivity contribution in [2.45, 2.75) is 57.6 Å². The molecule has 1 saturated heterocycles. The summed E-state index contributed by atoms with van der Waals surface area (Å²) in [5.41, 5.74) is 0.360. The number of piperidine rings is 1. The Morgan fingerprint density at radius 3 is 2.89 bits per heavy atom. The molecular formula is C20H24F2N4O2. The van der Waals surface area contributed by atoms with Gasteiger partial charge >= 0.3 is 6.61 Å². The topological polar surface area (TPSA) is 60.2 Å². The Bertz CT molecular complexity index is 839. The molecule has 0 aliphatic carbocycles. The number of fused-ring (bicyclic) bond motifs is 1. The second-order valence-electron chi connectivity index (χ2n) is 7.43. The fraction of sp³-hybridized carbons (Fsp3) is 0.550. The van der Waals surface area contributed by atoms with Crippen LogP contribution in [0.15, 0.2) is 24.3 Å². The van der Waals surface area contributed by atoms with Crippen LogP contribution >= 0.6 is 0 Å². The molecule has 4 rings (SSSR count). The van der Waals surface area contributed by atoms with Gasteiger partial charge in [-0.3, -0.25) is 4.79 Å². The van der Waals surface area contributed by atoms with Crippen molar-refractivity contribution in [2.75, 3.05) is 13.1 Å². The molecule has 150 valence electrons. The van der Waals surface area contributed by atoms with Gasteiger partial charge < -0.3 is 14.2 Å². The van der Waals surface area contributed by atoms with Crippen LogP contribution in [0.1, 0.15) is 60.0 Å². The van der Waals surface area contributed by atoms with Gasteiger partial charge in [-0.05, 0) is 43.9 Å². The molecule has 0 N–H and O–H groups in total. The number of carbonyl (C=O) groups is 1. The van der Waals surface area contributed by atoms with Gasteiger partial charge in [0.1, 0.15) is 17.4 Å². The third kappa shape index (κ3) is 4.00. The summed E-state index contributed by atoms with van der Waals surface area (Å²) < 4.78 is 31.6. The van der Waals surface area contributed by atoms with Crippen molar-refractivity contribution in [3.8, 4) is 5.75 Å². The normalized spacial score (nSPS) is 20.0. The zero-order valence-electron chi connectivity index (χ0n) is 15.7. The largest absolute Gasteiger partial charge is 0.435 e. The molecule has 2 aromatic rings. The summed E-state index contributed by atoms with van der Waals surface area (Å²) in [4.78, 5) is 14.7. The number of amides is 1. The van der Waals surface area contributed by atoms with E-state index in [2.05, 4.69) is 19.5 Å². The summed E-state index contributed by atoms with van der Waals surface area (Å²) in [5.74, 6) is 2.01. The number of alkyl halides is 2. The van der Waals surface area contributed by atoms with Gasteiger partial charge in [-0.1, -0.05) is 12.5 Å². The Labute approximate surface area is 162 Å². The molecule has 1 unspecified atom stereocenters. The summed E-state index contributed by atoms with van der Waals surface area (Å²) in [6.45, 7) is -0.754. The second-order valence-corrected chi connectivity index (χ2v) is 7.43. The average Bonchev–Trinajstić information content (AvgIpc) is 2.95. The van der Waals surface area contributed by atoms with Gasteiger partial charge in [0.05, 0.1) is 0 Å². The molecule has 2 aliphatic rings.